The molecule has 0 saturated heterocycles. The lowest BCUT2D eigenvalue weighted by Crippen LogP contribution is -2.32. The van der Waals surface area contributed by atoms with Gasteiger partial charge in [-0.15, -0.1) is 0 Å². The van der Waals surface area contributed by atoms with Gasteiger partial charge < -0.3 is 5.32 Å². The summed E-state index contributed by atoms with van der Waals surface area (Å²) in [5.41, 5.74) is -1.74. The predicted octanol–water partition coefficient (Wildman–Crippen LogP) is 4.18. The van der Waals surface area contributed by atoms with E-state index >= 15 is 0 Å². The molecule has 6 nitrogen and oxygen atoms in total. The quantitative estimate of drug-likeness (QED) is 0.285. The Labute approximate surface area is 183 Å². The van der Waals surface area contributed by atoms with Crippen LogP contribution in [-0.2, 0) is 12.7 Å². The van der Waals surface area contributed by atoms with Gasteiger partial charge in [0, 0.05) is 41.2 Å². The normalized spacial score (nSPS) is 25.8. The number of carbonyl (C=O) groups is 1. The zero-order valence-electron chi connectivity index (χ0n) is 16.9. The summed E-state index contributed by atoms with van der Waals surface area (Å²) < 4.78 is 71.3. The molecule has 0 spiro atoms. The van der Waals surface area contributed by atoms with Crippen LogP contribution < -0.4 is 10.0 Å². The van der Waals surface area contributed by atoms with Crippen molar-refractivity contribution in [3.8, 4) is 0 Å². The molecule has 3 saturated carbocycles. The van der Waals surface area contributed by atoms with Crippen LogP contribution in [-0.4, -0.2) is 33.1 Å². The van der Waals surface area contributed by atoms with Crippen LogP contribution in [0.25, 0.3) is 0 Å². The van der Waals surface area contributed by atoms with Gasteiger partial charge >= 0.3 is 6.18 Å². The average Bonchev–Trinajstić information content (AvgIpc) is 3.54. The number of halogens is 5. The fraction of sp³-hybridized carbons (Fsp3) is 0.550. The molecular formula is C20H20F5N4O2S+. The number of aromatic nitrogens is 3. The third kappa shape index (κ3) is 3.43. The summed E-state index contributed by atoms with van der Waals surface area (Å²) in [5.74, 6) is -6.24. The highest BCUT2D eigenvalue weighted by atomic mass is 32.2. The smallest absolute Gasteiger partial charge is 0.320 e. The van der Waals surface area contributed by atoms with Gasteiger partial charge in [-0.05, 0) is 31.4 Å². The van der Waals surface area contributed by atoms with Crippen LogP contribution in [0.1, 0.15) is 46.9 Å². The molecule has 0 bridgehead atoms. The fourth-order valence-electron chi connectivity index (χ4n) is 4.71. The molecule has 3 fully saturated rings. The minimum Gasteiger partial charge on any atom is -0.320 e. The lowest BCUT2D eigenvalue weighted by atomic mass is 9.85. The van der Waals surface area contributed by atoms with Crippen LogP contribution in [0.4, 0.5) is 27.6 Å². The number of fused-ring (bicyclic) bond motifs is 1. The first-order valence-corrected chi connectivity index (χ1v) is 11.4. The van der Waals surface area contributed by atoms with Crippen molar-refractivity contribution in [2.75, 3.05) is 11.6 Å². The molecule has 0 aliphatic heterocycles. The van der Waals surface area contributed by atoms with E-state index in [0.717, 1.165) is 9.41 Å². The van der Waals surface area contributed by atoms with Gasteiger partial charge in [-0.3, -0.25) is 14.7 Å². The molecule has 12 heteroatoms. The van der Waals surface area contributed by atoms with E-state index in [-0.39, 0.29) is 30.3 Å². The van der Waals surface area contributed by atoms with Gasteiger partial charge in [0.05, 0.1) is 11.4 Å². The van der Waals surface area contributed by atoms with Crippen LogP contribution in [0.15, 0.2) is 23.4 Å². The molecule has 2 heterocycles. The number of hydrogen-bond acceptors (Lipinski definition) is 4. The topological polar surface area (TPSA) is 71.0 Å². The van der Waals surface area contributed by atoms with Gasteiger partial charge in [-0.25, -0.2) is 8.78 Å². The monoisotopic (exact) mass is 475 g/mol. The maximum Gasteiger partial charge on any atom is 0.420 e. The fourth-order valence-corrected chi connectivity index (χ4v) is 5.20. The average molecular weight is 475 g/mol. The summed E-state index contributed by atoms with van der Waals surface area (Å²) in [6.45, 7) is -0.156. The van der Waals surface area contributed by atoms with Gasteiger partial charge in [-0.2, -0.15) is 18.3 Å². The molecule has 172 valence electrons. The van der Waals surface area contributed by atoms with Gasteiger partial charge in [-0.1, -0.05) is 11.8 Å². The van der Waals surface area contributed by atoms with Crippen molar-refractivity contribution in [3.05, 3.63) is 35.3 Å². The summed E-state index contributed by atoms with van der Waals surface area (Å²) in [5, 5.41) is 16.6. The maximum absolute atomic E-state index is 14.0. The molecule has 1 amide bonds. The number of nitrogens with one attached hydrogen (secondary N) is 1. The summed E-state index contributed by atoms with van der Waals surface area (Å²) in [4.78, 5) is 13.1. The van der Waals surface area contributed by atoms with E-state index in [0.29, 0.717) is 17.9 Å². The number of anilines is 1. The zero-order chi connectivity index (χ0) is 23.0. The van der Waals surface area contributed by atoms with Crippen LogP contribution in [0.3, 0.4) is 0 Å². The van der Waals surface area contributed by atoms with Gasteiger partial charge in [0.25, 0.3) is 16.9 Å². The second-order valence-electron chi connectivity index (χ2n) is 8.62. The number of carbonyl (C=O) groups excluding carboxylic acids is 1. The predicted molar refractivity (Wildman–Crippen MR) is 103 cm³/mol. The van der Waals surface area contributed by atoms with Crippen molar-refractivity contribution >= 4 is 23.4 Å². The van der Waals surface area contributed by atoms with E-state index < -0.39 is 47.0 Å². The number of hydrogen-bond donors (Lipinski definition) is 2. The number of pyridine rings is 1. The van der Waals surface area contributed by atoms with Crippen LogP contribution in [0, 0.1) is 17.8 Å². The minimum atomic E-state index is -4.82. The second-order valence-corrected chi connectivity index (χ2v) is 9.45. The molecule has 0 aromatic carbocycles. The molecule has 32 heavy (non-hydrogen) atoms. The SMILES string of the molecule is CSc1cc(NC(=O)c2c(C(F)(F)F)c(C3CC3)nn2CC2CC3C2C3(F)F)cc[n+]1O. The van der Waals surface area contributed by atoms with E-state index in [1.807, 2.05) is 0 Å². The lowest BCUT2D eigenvalue weighted by molar-refractivity contribution is -0.932. The molecule has 5 rings (SSSR count). The molecule has 3 aliphatic rings. The number of alkyl halides is 5. The van der Waals surface area contributed by atoms with Crippen molar-refractivity contribution in [2.24, 2.45) is 17.8 Å². The molecule has 2 N–H and O–H groups in total. The Hall–Kier alpha value is -2.37. The summed E-state index contributed by atoms with van der Waals surface area (Å²) in [6, 6.07) is 2.76. The Kier molecular flexibility index (Phi) is 4.74. The van der Waals surface area contributed by atoms with E-state index in [2.05, 4.69) is 10.4 Å². The summed E-state index contributed by atoms with van der Waals surface area (Å²) >= 11 is 1.18. The first-order valence-electron chi connectivity index (χ1n) is 10.2. The Balaban J connectivity index is 1.50. The minimum absolute atomic E-state index is 0.156. The molecule has 3 atom stereocenters. The van der Waals surface area contributed by atoms with Crippen molar-refractivity contribution < 1.29 is 36.7 Å². The van der Waals surface area contributed by atoms with Crippen LogP contribution in [0.5, 0.6) is 0 Å². The van der Waals surface area contributed by atoms with E-state index in [1.165, 1.54) is 30.1 Å². The second kappa shape index (κ2) is 7.06. The molecular weight excluding hydrogens is 455 g/mol. The van der Waals surface area contributed by atoms with E-state index in [4.69, 9.17) is 0 Å². The molecule has 3 aliphatic carbocycles. The van der Waals surface area contributed by atoms with Crippen LogP contribution >= 0.6 is 11.8 Å². The van der Waals surface area contributed by atoms with E-state index in [1.54, 1.807) is 6.26 Å². The van der Waals surface area contributed by atoms with Gasteiger partial charge in [0.2, 0.25) is 6.20 Å². The summed E-state index contributed by atoms with van der Waals surface area (Å²) in [7, 11) is 0. The molecule has 0 radical (unpaired) electrons. The number of amides is 1. The molecule has 3 unspecified atom stereocenters. The van der Waals surface area contributed by atoms with Crippen molar-refractivity contribution in [1.82, 2.24) is 9.78 Å². The number of nitrogens with zero attached hydrogens (tertiary/aromatic N) is 3. The van der Waals surface area contributed by atoms with Crippen molar-refractivity contribution in [1.29, 1.82) is 0 Å². The van der Waals surface area contributed by atoms with Crippen molar-refractivity contribution in [3.63, 3.8) is 0 Å². The number of rotatable bonds is 6. The highest BCUT2D eigenvalue weighted by molar-refractivity contribution is 7.98. The molecule has 2 aromatic rings. The Morgan fingerprint density at radius 1 is 1.41 bits per heavy atom. The molecule has 2 aromatic heterocycles. The third-order valence-corrected chi connectivity index (χ3v) is 7.27. The number of thioether (sulfide) groups is 1. The van der Waals surface area contributed by atoms with Gasteiger partial charge in [0.15, 0.2) is 0 Å². The Bertz CT molecular complexity index is 1100. The lowest BCUT2D eigenvalue weighted by Gasteiger charge is -2.23. The maximum atomic E-state index is 14.0. The standard InChI is InChI=1S/C20H19F5N4O2S/c1-32-13-7-11(4-5-29(13)31)26-18(30)17-15(20(23,24)25)16(9-2-3-9)27-28(17)8-10-6-12-14(10)19(12,21)22/h4-5,7,9-10,12,14,31H,2-3,6,8H2,1H3/p+1. The highest BCUT2D eigenvalue weighted by Gasteiger charge is 2.77. The first-order chi connectivity index (χ1) is 15.0. The Morgan fingerprint density at radius 3 is 2.66 bits per heavy atom. The van der Waals surface area contributed by atoms with Gasteiger partial charge in [0.1, 0.15) is 11.3 Å². The largest absolute Gasteiger partial charge is 0.420 e. The van der Waals surface area contributed by atoms with Crippen LogP contribution in [0.2, 0.25) is 0 Å². The Morgan fingerprint density at radius 2 is 2.12 bits per heavy atom. The summed E-state index contributed by atoms with van der Waals surface area (Å²) in [6.07, 6.45) is -0.581. The van der Waals surface area contributed by atoms with Crippen molar-refractivity contribution in [2.45, 2.75) is 48.8 Å². The highest BCUT2D eigenvalue weighted by Crippen LogP contribution is 2.70. The third-order valence-electron chi connectivity index (χ3n) is 6.54. The van der Waals surface area contributed by atoms with E-state index in [9.17, 15) is 32.0 Å². The zero-order valence-corrected chi connectivity index (χ0v) is 17.7. The first kappa shape index (κ1) is 21.5.